The molecule has 13 heteroatoms. The van der Waals surface area contributed by atoms with Crippen molar-refractivity contribution >= 4 is 15.9 Å². The van der Waals surface area contributed by atoms with Crippen molar-refractivity contribution in [2.75, 3.05) is 20.1 Å². The lowest BCUT2D eigenvalue weighted by molar-refractivity contribution is -0.274. The maximum atomic E-state index is 12.1. The molecule has 0 radical (unpaired) electrons. The molecule has 0 atom stereocenters. The quantitative estimate of drug-likeness (QED) is 0.703. The smallest absolute Gasteiger partial charge is 0.406 e. The number of carbonyl (C=O) groups is 1. The van der Waals surface area contributed by atoms with E-state index >= 15 is 0 Å². The third-order valence-corrected chi connectivity index (χ3v) is 4.32. The second kappa shape index (κ2) is 8.12. The zero-order valence-corrected chi connectivity index (χ0v) is 14.0. The van der Waals surface area contributed by atoms with Gasteiger partial charge in [0.25, 0.3) is 0 Å². The standard InChI is InChI=1S/C13H14F6N2O4S/c1-21(8-12(14,15)16)11(22)6-7-20-26(23,24)10-4-2-9(3-5-10)25-13(17,18)19/h2-5,20H,6-8H2,1H3. The van der Waals surface area contributed by atoms with Gasteiger partial charge in [0.15, 0.2) is 0 Å². The van der Waals surface area contributed by atoms with Gasteiger partial charge in [-0.25, -0.2) is 13.1 Å². The zero-order chi connectivity index (χ0) is 20.2. The fourth-order valence-corrected chi connectivity index (χ4v) is 2.78. The lowest BCUT2D eigenvalue weighted by Crippen LogP contribution is -2.37. The number of hydrogen-bond donors (Lipinski definition) is 1. The highest BCUT2D eigenvalue weighted by atomic mass is 32.2. The predicted molar refractivity (Wildman–Crippen MR) is 76.6 cm³/mol. The van der Waals surface area contributed by atoms with Gasteiger partial charge in [0, 0.05) is 20.0 Å². The normalized spacial score (nSPS) is 12.7. The van der Waals surface area contributed by atoms with Crippen molar-refractivity contribution in [1.29, 1.82) is 0 Å². The molecule has 0 aliphatic rings. The van der Waals surface area contributed by atoms with Crippen LogP contribution in [0.2, 0.25) is 0 Å². The van der Waals surface area contributed by atoms with Gasteiger partial charge < -0.3 is 9.64 Å². The van der Waals surface area contributed by atoms with Crippen molar-refractivity contribution in [3.63, 3.8) is 0 Å². The van der Waals surface area contributed by atoms with Gasteiger partial charge in [0.2, 0.25) is 15.9 Å². The number of sulfonamides is 1. The van der Waals surface area contributed by atoms with E-state index in [1.54, 1.807) is 0 Å². The van der Waals surface area contributed by atoms with Gasteiger partial charge in [-0.1, -0.05) is 0 Å². The summed E-state index contributed by atoms with van der Waals surface area (Å²) in [6.45, 7) is -1.95. The molecule has 0 aliphatic heterocycles. The number of carbonyl (C=O) groups excluding carboxylic acids is 1. The van der Waals surface area contributed by atoms with Crippen LogP contribution in [0.3, 0.4) is 0 Å². The summed E-state index contributed by atoms with van der Waals surface area (Å²) < 4.78 is 102. The highest BCUT2D eigenvalue weighted by molar-refractivity contribution is 7.89. The van der Waals surface area contributed by atoms with Crippen molar-refractivity contribution in [3.8, 4) is 5.75 Å². The highest BCUT2D eigenvalue weighted by Gasteiger charge is 2.32. The molecule has 0 spiro atoms. The molecule has 148 valence electrons. The Bertz CT molecular complexity index is 716. The molecule has 0 saturated carbocycles. The van der Waals surface area contributed by atoms with Gasteiger partial charge in [-0.05, 0) is 24.3 Å². The van der Waals surface area contributed by atoms with Crippen LogP contribution < -0.4 is 9.46 Å². The summed E-state index contributed by atoms with van der Waals surface area (Å²) in [6, 6.07) is 3.26. The van der Waals surface area contributed by atoms with Gasteiger partial charge in [-0.15, -0.1) is 13.2 Å². The van der Waals surface area contributed by atoms with Crippen LogP contribution in [-0.2, 0) is 14.8 Å². The number of ether oxygens (including phenoxy) is 1. The van der Waals surface area contributed by atoms with Crippen LogP contribution in [0.5, 0.6) is 5.75 Å². The predicted octanol–water partition coefficient (Wildman–Crippen LogP) is 2.27. The molecular formula is C13H14F6N2O4S. The molecule has 1 aromatic carbocycles. The van der Waals surface area contributed by atoms with E-state index in [0.29, 0.717) is 4.90 Å². The van der Waals surface area contributed by atoms with E-state index in [1.165, 1.54) is 0 Å². The van der Waals surface area contributed by atoms with Crippen LogP contribution in [0.1, 0.15) is 6.42 Å². The van der Waals surface area contributed by atoms with Crippen LogP contribution in [0.15, 0.2) is 29.2 Å². The first-order valence-electron chi connectivity index (χ1n) is 6.86. The topological polar surface area (TPSA) is 75.7 Å². The molecule has 0 unspecified atom stereocenters. The van der Waals surface area contributed by atoms with Crippen molar-refractivity contribution in [3.05, 3.63) is 24.3 Å². The van der Waals surface area contributed by atoms with E-state index in [0.717, 1.165) is 31.3 Å². The zero-order valence-electron chi connectivity index (χ0n) is 13.2. The molecule has 1 rings (SSSR count). The fourth-order valence-electron chi connectivity index (χ4n) is 1.74. The molecule has 0 saturated heterocycles. The number of halogens is 6. The SMILES string of the molecule is CN(CC(F)(F)F)C(=O)CCNS(=O)(=O)c1ccc(OC(F)(F)F)cc1. The van der Waals surface area contributed by atoms with Crippen molar-refractivity contribution in [2.45, 2.75) is 23.9 Å². The third kappa shape index (κ3) is 7.91. The summed E-state index contributed by atoms with van der Waals surface area (Å²) in [5.74, 6) is -1.56. The van der Waals surface area contributed by atoms with Gasteiger partial charge >= 0.3 is 12.5 Å². The van der Waals surface area contributed by atoms with Crippen LogP contribution in [0, 0.1) is 0 Å². The average Bonchev–Trinajstić information content (AvgIpc) is 2.44. The number of nitrogens with zero attached hydrogens (tertiary/aromatic N) is 1. The number of benzene rings is 1. The summed E-state index contributed by atoms with van der Waals surface area (Å²) >= 11 is 0. The second-order valence-corrected chi connectivity index (χ2v) is 6.80. The minimum atomic E-state index is -4.93. The highest BCUT2D eigenvalue weighted by Crippen LogP contribution is 2.23. The lowest BCUT2D eigenvalue weighted by atomic mass is 10.3. The number of alkyl halides is 6. The first kappa shape index (κ1) is 22.0. The second-order valence-electron chi connectivity index (χ2n) is 5.03. The Labute approximate surface area is 144 Å². The minimum absolute atomic E-state index is 0.400. The summed E-state index contributed by atoms with van der Waals surface area (Å²) in [4.78, 5) is 11.5. The van der Waals surface area contributed by atoms with Crippen LogP contribution in [0.25, 0.3) is 0 Å². The van der Waals surface area contributed by atoms with E-state index in [9.17, 15) is 39.6 Å². The molecular weight excluding hydrogens is 394 g/mol. The van der Waals surface area contributed by atoms with Crippen molar-refractivity contribution in [2.24, 2.45) is 0 Å². The monoisotopic (exact) mass is 408 g/mol. The molecule has 0 fully saturated rings. The fraction of sp³-hybridized carbons (Fsp3) is 0.462. The van der Waals surface area contributed by atoms with Crippen LogP contribution in [-0.4, -0.2) is 51.9 Å². The van der Waals surface area contributed by atoms with Gasteiger partial charge in [0.05, 0.1) is 4.90 Å². The molecule has 0 aliphatic carbocycles. The first-order chi connectivity index (χ1) is 11.7. The summed E-state index contributed by atoms with van der Waals surface area (Å²) in [5.41, 5.74) is 0. The molecule has 0 bridgehead atoms. The van der Waals surface area contributed by atoms with E-state index in [1.807, 2.05) is 4.72 Å². The first-order valence-corrected chi connectivity index (χ1v) is 8.34. The van der Waals surface area contributed by atoms with Crippen molar-refractivity contribution in [1.82, 2.24) is 9.62 Å². The largest absolute Gasteiger partial charge is 0.573 e. The number of amides is 1. The van der Waals surface area contributed by atoms with Gasteiger partial charge in [0.1, 0.15) is 12.3 Å². The van der Waals surface area contributed by atoms with E-state index in [2.05, 4.69) is 4.74 Å². The molecule has 0 aromatic heterocycles. The number of nitrogens with one attached hydrogen (secondary N) is 1. The van der Waals surface area contributed by atoms with Gasteiger partial charge in [-0.2, -0.15) is 13.2 Å². The van der Waals surface area contributed by atoms with Crippen LogP contribution >= 0.6 is 0 Å². The van der Waals surface area contributed by atoms with Crippen molar-refractivity contribution < 1.29 is 44.3 Å². The maximum Gasteiger partial charge on any atom is 0.573 e. The van der Waals surface area contributed by atoms with E-state index in [4.69, 9.17) is 0 Å². The molecule has 6 nitrogen and oxygen atoms in total. The van der Waals surface area contributed by atoms with E-state index < -0.39 is 58.6 Å². The maximum absolute atomic E-state index is 12.1. The molecule has 0 heterocycles. The Kier molecular flexibility index (Phi) is 6.88. The summed E-state index contributed by atoms with van der Waals surface area (Å²) in [7, 11) is -3.24. The van der Waals surface area contributed by atoms with Gasteiger partial charge in [-0.3, -0.25) is 4.79 Å². The Morgan fingerprint density at radius 2 is 1.65 bits per heavy atom. The summed E-state index contributed by atoms with van der Waals surface area (Å²) in [5, 5.41) is 0. The molecule has 26 heavy (non-hydrogen) atoms. The number of hydrogen-bond acceptors (Lipinski definition) is 4. The minimum Gasteiger partial charge on any atom is -0.406 e. The third-order valence-electron chi connectivity index (χ3n) is 2.84. The Hall–Kier alpha value is -2.02. The molecule has 1 amide bonds. The van der Waals surface area contributed by atoms with E-state index in [-0.39, 0.29) is 0 Å². The Morgan fingerprint density at radius 1 is 1.12 bits per heavy atom. The molecule has 1 N–H and O–H groups in total. The average molecular weight is 408 g/mol. The Balaban J connectivity index is 2.60. The summed E-state index contributed by atoms with van der Waals surface area (Å²) in [6.07, 6.45) is -10.0. The van der Waals surface area contributed by atoms with Crippen LogP contribution in [0.4, 0.5) is 26.3 Å². The lowest BCUT2D eigenvalue weighted by Gasteiger charge is -2.19. The number of rotatable bonds is 7. The Morgan fingerprint density at radius 3 is 2.12 bits per heavy atom. The molecule has 1 aromatic rings.